The zero-order valence-corrected chi connectivity index (χ0v) is 15.7. The molecule has 0 aliphatic carbocycles. The van der Waals surface area contributed by atoms with E-state index in [2.05, 4.69) is 71.0 Å². The van der Waals surface area contributed by atoms with Gasteiger partial charge in [0.25, 0.3) is 0 Å². The highest BCUT2D eigenvalue weighted by atomic mass is 32.1. The van der Waals surface area contributed by atoms with E-state index < -0.39 is 0 Å². The highest BCUT2D eigenvalue weighted by Gasteiger charge is 2.11. The SMILES string of the molecule is CCc1ccc(NC(=S)NCc2ccc(CN3CCCC3)cc2)cc1. The predicted octanol–water partition coefficient (Wildman–Crippen LogP) is 4.33. The summed E-state index contributed by atoms with van der Waals surface area (Å²) in [7, 11) is 0. The van der Waals surface area contributed by atoms with Crippen molar-refractivity contribution in [3.63, 3.8) is 0 Å². The first-order valence-corrected chi connectivity index (χ1v) is 9.58. The molecule has 0 radical (unpaired) electrons. The maximum absolute atomic E-state index is 5.39. The smallest absolute Gasteiger partial charge is 0.171 e. The number of rotatable bonds is 6. The van der Waals surface area contributed by atoms with Crippen LogP contribution in [-0.4, -0.2) is 23.1 Å². The van der Waals surface area contributed by atoms with E-state index in [9.17, 15) is 0 Å². The summed E-state index contributed by atoms with van der Waals surface area (Å²) in [5, 5.41) is 7.17. The Kier molecular flexibility index (Phi) is 6.42. The Bertz CT molecular complexity index is 673. The Labute approximate surface area is 156 Å². The van der Waals surface area contributed by atoms with Crippen molar-refractivity contribution in [1.29, 1.82) is 0 Å². The van der Waals surface area contributed by atoms with Gasteiger partial charge in [0, 0.05) is 18.8 Å². The quantitative estimate of drug-likeness (QED) is 0.756. The van der Waals surface area contributed by atoms with Crippen LogP contribution in [0.3, 0.4) is 0 Å². The minimum atomic E-state index is 0.658. The van der Waals surface area contributed by atoms with Gasteiger partial charge < -0.3 is 10.6 Å². The second-order valence-electron chi connectivity index (χ2n) is 6.66. The topological polar surface area (TPSA) is 27.3 Å². The first kappa shape index (κ1) is 17.9. The zero-order chi connectivity index (χ0) is 17.5. The Balaban J connectivity index is 1.44. The summed E-state index contributed by atoms with van der Waals surface area (Å²) in [5.74, 6) is 0. The largest absolute Gasteiger partial charge is 0.358 e. The van der Waals surface area contributed by atoms with E-state index in [-0.39, 0.29) is 0 Å². The molecule has 3 nitrogen and oxygen atoms in total. The molecule has 0 saturated carbocycles. The average Bonchev–Trinajstić information content (AvgIpc) is 3.15. The van der Waals surface area contributed by atoms with Crippen molar-refractivity contribution in [3.8, 4) is 0 Å². The minimum Gasteiger partial charge on any atom is -0.358 e. The molecule has 0 atom stereocenters. The van der Waals surface area contributed by atoms with Gasteiger partial charge in [-0.05, 0) is 73.4 Å². The molecule has 1 heterocycles. The normalized spacial score (nSPS) is 14.4. The number of thiocarbonyl (C=S) groups is 1. The summed E-state index contributed by atoms with van der Waals surface area (Å²) >= 11 is 5.39. The number of likely N-dealkylation sites (tertiary alicyclic amines) is 1. The van der Waals surface area contributed by atoms with Gasteiger partial charge in [-0.1, -0.05) is 43.3 Å². The molecule has 0 spiro atoms. The highest BCUT2D eigenvalue weighted by Crippen LogP contribution is 2.13. The monoisotopic (exact) mass is 353 g/mol. The highest BCUT2D eigenvalue weighted by molar-refractivity contribution is 7.80. The summed E-state index contributed by atoms with van der Waals surface area (Å²) in [6.45, 7) is 6.44. The van der Waals surface area contributed by atoms with E-state index in [0.717, 1.165) is 25.2 Å². The van der Waals surface area contributed by atoms with E-state index >= 15 is 0 Å². The third-order valence-electron chi connectivity index (χ3n) is 4.70. The minimum absolute atomic E-state index is 0.658. The molecule has 0 amide bonds. The van der Waals surface area contributed by atoms with Crippen molar-refractivity contribution < 1.29 is 0 Å². The summed E-state index contributed by atoms with van der Waals surface area (Å²) in [6, 6.07) is 17.2. The molecule has 2 aromatic carbocycles. The van der Waals surface area contributed by atoms with Crippen molar-refractivity contribution in [3.05, 3.63) is 65.2 Å². The zero-order valence-electron chi connectivity index (χ0n) is 14.9. The molecule has 1 fully saturated rings. The Morgan fingerprint density at radius 3 is 2.16 bits per heavy atom. The Morgan fingerprint density at radius 2 is 1.52 bits per heavy atom. The van der Waals surface area contributed by atoms with Gasteiger partial charge in [-0.3, -0.25) is 4.90 Å². The van der Waals surface area contributed by atoms with Gasteiger partial charge in [0.05, 0.1) is 0 Å². The van der Waals surface area contributed by atoms with Gasteiger partial charge in [0.2, 0.25) is 0 Å². The van der Waals surface area contributed by atoms with Crippen LogP contribution in [0.15, 0.2) is 48.5 Å². The number of benzene rings is 2. The molecule has 132 valence electrons. The lowest BCUT2D eigenvalue weighted by molar-refractivity contribution is 0.331. The molecule has 1 aliphatic heterocycles. The second-order valence-corrected chi connectivity index (χ2v) is 7.07. The molecule has 4 heteroatoms. The number of nitrogens with one attached hydrogen (secondary N) is 2. The second kappa shape index (κ2) is 8.97. The van der Waals surface area contributed by atoms with Crippen molar-refractivity contribution in [2.75, 3.05) is 18.4 Å². The number of nitrogens with zero attached hydrogens (tertiary/aromatic N) is 1. The van der Waals surface area contributed by atoms with Crippen LogP contribution in [-0.2, 0) is 19.5 Å². The number of anilines is 1. The number of hydrogen-bond acceptors (Lipinski definition) is 2. The van der Waals surface area contributed by atoms with Crippen LogP contribution in [0.4, 0.5) is 5.69 Å². The molecule has 0 unspecified atom stereocenters. The summed E-state index contributed by atoms with van der Waals surface area (Å²) in [6.07, 6.45) is 3.73. The fourth-order valence-electron chi connectivity index (χ4n) is 3.14. The molecule has 0 aromatic heterocycles. The summed E-state index contributed by atoms with van der Waals surface area (Å²) < 4.78 is 0. The maximum atomic E-state index is 5.39. The van der Waals surface area contributed by atoms with Crippen LogP contribution in [0.25, 0.3) is 0 Å². The van der Waals surface area contributed by atoms with Crippen molar-refractivity contribution in [2.24, 2.45) is 0 Å². The fourth-order valence-corrected chi connectivity index (χ4v) is 3.33. The lowest BCUT2D eigenvalue weighted by Gasteiger charge is -2.15. The summed E-state index contributed by atoms with van der Waals surface area (Å²) in [4.78, 5) is 2.52. The molecule has 3 rings (SSSR count). The molecular weight excluding hydrogens is 326 g/mol. The summed E-state index contributed by atoms with van der Waals surface area (Å²) in [5.41, 5.74) is 4.99. The third-order valence-corrected chi connectivity index (χ3v) is 4.95. The van der Waals surface area contributed by atoms with Crippen LogP contribution in [0, 0.1) is 0 Å². The first-order valence-electron chi connectivity index (χ1n) is 9.17. The van der Waals surface area contributed by atoms with Gasteiger partial charge >= 0.3 is 0 Å². The number of aryl methyl sites for hydroxylation is 1. The lowest BCUT2D eigenvalue weighted by atomic mass is 10.1. The number of hydrogen-bond donors (Lipinski definition) is 2. The van der Waals surface area contributed by atoms with E-state index in [1.165, 1.54) is 42.6 Å². The van der Waals surface area contributed by atoms with Crippen molar-refractivity contribution in [2.45, 2.75) is 39.3 Å². The van der Waals surface area contributed by atoms with Crippen LogP contribution in [0.1, 0.15) is 36.5 Å². The Morgan fingerprint density at radius 1 is 0.920 bits per heavy atom. The van der Waals surface area contributed by atoms with E-state index in [4.69, 9.17) is 12.2 Å². The van der Waals surface area contributed by atoms with Gasteiger partial charge in [0.1, 0.15) is 0 Å². The third kappa shape index (κ3) is 5.55. The lowest BCUT2D eigenvalue weighted by Crippen LogP contribution is -2.27. The van der Waals surface area contributed by atoms with Crippen LogP contribution >= 0.6 is 12.2 Å². The Hall–Kier alpha value is -1.91. The van der Waals surface area contributed by atoms with Gasteiger partial charge in [-0.2, -0.15) is 0 Å². The molecule has 1 aliphatic rings. The maximum Gasteiger partial charge on any atom is 0.171 e. The van der Waals surface area contributed by atoms with Crippen LogP contribution in [0.2, 0.25) is 0 Å². The van der Waals surface area contributed by atoms with Gasteiger partial charge in [0.15, 0.2) is 5.11 Å². The van der Waals surface area contributed by atoms with Gasteiger partial charge in [-0.25, -0.2) is 0 Å². The van der Waals surface area contributed by atoms with Crippen molar-refractivity contribution >= 4 is 23.0 Å². The van der Waals surface area contributed by atoms with E-state index in [1.54, 1.807) is 0 Å². The van der Waals surface area contributed by atoms with Crippen LogP contribution in [0.5, 0.6) is 0 Å². The molecule has 25 heavy (non-hydrogen) atoms. The van der Waals surface area contributed by atoms with E-state index in [0.29, 0.717) is 5.11 Å². The average molecular weight is 354 g/mol. The molecule has 1 saturated heterocycles. The fraction of sp³-hybridized carbons (Fsp3) is 0.381. The molecule has 0 bridgehead atoms. The van der Waals surface area contributed by atoms with E-state index in [1.807, 2.05) is 0 Å². The molecule has 2 aromatic rings. The van der Waals surface area contributed by atoms with Crippen LogP contribution < -0.4 is 10.6 Å². The molecule has 2 N–H and O–H groups in total. The van der Waals surface area contributed by atoms with Crippen molar-refractivity contribution in [1.82, 2.24) is 10.2 Å². The standard InChI is InChI=1S/C21H27N3S/c1-2-17-9-11-20(12-10-17)23-21(25)22-15-18-5-7-19(8-6-18)16-24-13-3-4-14-24/h5-12H,2-4,13-16H2,1H3,(H2,22,23,25). The first-order chi connectivity index (χ1) is 12.2. The molecular formula is C21H27N3S. The predicted molar refractivity (Wildman–Crippen MR) is 110 cm³/mol. The van der Waals surface area contributed by atoms with Gasteiger partial charge in [-0.15, -0.1) is 0 Å².